The Morgan fingerprint density at radius 3 is 1.96 bits per heavy atom. The van der Waals surface area contributed by atoms with Gasteiger partial charge < -0.3 is 18.3 Å². The third-order valence-corrected chi connectivity index (χ3v) is 2.42. The predicted molar refractivity (Wildman–Crippen MR) is 53.8 cm³/mol. The smallest absolute Gasteiger partial charge is 0.399 e. The molecule has 1 unspecified atom stereocenters. The van der Waals surface area contributed by atoms with Gasteiger partial charge in [0.25, 0.3) is 0 Å². The first-order valence-corrected chi connectivity index (χ1v) is 5.77. The number of hydrogen-bond donors (Lipinski definition) is 0. The van der Waals surface area contributed by atoms with Crippen LogP contribution in [0.15, 0.2) is 19.9 Å². The van der Waals surface area contributed by atoms with Crippen LogP contribution >= 0.6 is 0 Å². The lowest BCUT2D eigenvalue weighted by Gasteiger charge is -2.34. The van der Waals surface area contributed by atoms with Crippen LogP contribution in [0.3, 0.4) is 0 Å². The minimum absolute atomic E-state index is 0.331. The minimum Gasteiger partial charge on any atom is -0.399 e. The molecule has 1 heterocycles. The molecule has 0 bridgehead atoms. The highest BCUT2D eigenvalue weighted by Crippen LogP contribution is 2.48. The molecule has 146 valence electrons. The molecule has 0 aliphatic heterocycles. The highest BCUT2D eigenvalue weighted by atomic mass is 19.4. The van der Waals surface area contributed by atoms with Crippen LogP contribution in [0.2, 0.25) is 0 Å². The lowest BCUT2D eigenvalue weighted by molar-refractivity contribution is -0.466. The van der Waals surface area contributed by atoms with E-state index < -0.39 is 55.3 Å². The maximum Gasteiger partial charge on any atom is 0.518 e. The van der Waals surface area contributed by atoms with Crippen molar-refractivity contribution in [2.75, 3.05) is 6.61 Å². The van der Waals surface area contributed by atoms with Crippen molar-refractivity contribution in [2.45, 2.75) is 37.1 Å². The summed E-state index contributed by atoms with van der Waals surface area (Å²) in [7, 11) is 0. The van der Waals surface area contributed by atoms with E-state index in [1.54, 1.807) is 0 Å². The van der Waals surface area contributed by atoms with Gasteiger partial charge in [-0.25, -0.2) is 13.6 Å². The van der Waals surface area contributed by atoms with Crippen molar-refractivity contribution in [1.82, 2.24) is 0 Å². The molecule has 0 aliphatic rings. The van der Waals surface area contributed by atoms with Gasteiger partial charge in [-0.1, -0.05) is 0 Å². The molecule has 0 aromatic carbocycles. The molecular weight excluding hydrogens is 390 g/mol. The average molecular weight is 396 g/mol. The molecule has 0 N–H and O–H groups in total. The van der Waals surface area contributed by atoms with E-state index >= 15 is 0 Å². The zero-order chi connectivity index (χ0) is 19.7. The van der Waals surface area contributed by atoms with Crippen LogP contribution in [-0.4, -0.2) is 37.1 Å². The fourth-order valence-electron chi connectivity index (χ4n) is 1.18. The summed E-state index contributed by atoms with van der Waals surface area (Å²) < 4.78 is 141. The molecule has 5 nitrogen and oxygen atoms in total. The standard InChI is InChI=1S/C10H6F10O5/c11-5(12)7(13,14)3-24-8(15,9(16,17)18)10(19,20)23-2-4-1-22-6(21)25-4/h1,5H,2-3H2. The number of ether oxygens (including phenoxy) is 2. The van der Waals surface area contributed by atoms with Crippen LogP contribution < -0.4 is 5.82 Å². The first-order valence-electron chi connectivity index (χ1n) is 5.77. The van der Waals surface area contributed by atoms with Gasteiger partial charge in [0, 0.05) is 0 Å². The number of halogens is 10. The fraction of sp³-hybridized carbons (Fsp3) is 0.700. The van der Waals surface area contributed by atoms with Crippen molar-refractivity contribution in [3.8, 4) is 0 Å². The zero-order valence-electron chi connectivity index (χ0n) is 11.4. The van der Waals surface area contributed by atoms with E-state index in [9.17, 15) is 48.7 Å². The summed E-state index contributed by atoms with van der Waals surface area (Å²) in [6.45, 7) is -4.70. The Morgan fingerprint density at radius 2 is 1.56 bits per heavy atom. The summed E-state index contributed by atoms with van der Waals surface area (Å²) in [5.41, 5.74) is 0. The zero-order valence-corrected chi connectivity index (χ0v) is 11.4. The quantitative estimate of drug-likeness (QED) is 0.630. The highest BCUT2D eigenvalue weighted by molar-refractivity contribution is 4.90. The summed E-state index contributed by atoms with van der Waals surface area (Å²) in [6.07, 6.45) is -16.9. The molecule has 1 rings (SSSR count). The normalized spacial score (nSPS) is 16.3. The Morgan fingerprint density at radius 1 is 1.00 bits per heavy atom. The number of rotatable bonds is 8. The van der Waals surface area contributed by atoms with Crippen molar-refractivity contribution >= 4 is 0 Å². The molecule has 0 amide bonds. The monoisotopic (exact) mass is 396 g/mol. The first-order chi connectivity index (χ1) is 11.1. The summed E-state index contributed by atoms with van der Waals surface area (Å²) >= 11 is 0. The molecule has 0 saturated heterocycles. The average Bonchev–Trinajstić information content (AvgIpc) is 2.87. The molecule has 0 fully saturated rings. The van der Waals surface area contributed by atoms with E-state index in [2.05, 4.69) is 18.3 Å². The molecule has 1 aromatic heterocycles. The van der Waals surface area contributed by atoms with Crippen LogP contribution in [-0.2, 0) is 16.1 Å². The van der Waals surface area contributed by atoms with Crippen molar-refractivity contribution < 1.29 is 62.2 Å². The highest BCUT2D eigenvalue weighted by Gasteiger charge is 2.75. The predicted octanol–water partition coefficient (Wildman–Crippen LogP) is 3.49. The molecule has 1 aromatic rings. The van der Waals surface area contributed by atoms with Crippen LogP contribution in [0, 0.1) is 0 Å². The molecule has 0 spiro atoms. The summed E-state index contributed by atoms with van der Waals surface area (Å²) in [4.78, 5) is 10.4. The maximum absolute atomic E-state index is 13.7. The van der Waals surface area contributed by atoms with E-state index in [0.717, 1.165) is 0 Å². The first kappa shape index (κ1) is 21.3. The molecule has 1 atom stereocenters. The lowest BCUT2D eigenvalue weighted by Crippen LogP contribution is -2.59. The van der Waals surface area contributed by atoms with Gasteiger partial charge in [0.05, 0.1) is 0 Å². The fourth-order valence-corrected chi connectivity index (χ4v) is 1.18. The van der Waals surface area contributed by atoms with Gasteiger partial charge in [0.2, 0.25) is 0 Å². The molecule has 0 radical (unpaired) electrons. The van der Waals surface area contributed by atoms with Gasteiger partial charge in [0.15, 0.2) is 5.76 Å². The molecule has 0 saturated carbocycles. The Bertz CT molecular complexity index is 620. The van der Waals surface area contributed by atoms with Gasteiger partial charge in [-0.3, -0.25) is 0 Å². The van der Waals surface area contributed by atoms with E-state index in [1.807, 2.05) is 0 Å². The van der Waals surface area contributed by atoms with Crippen molar-refractivity contribution in [2.24, 2.45) is 0 Å². The van der Waals surface area contributed by atoms with Gasteiger partial charge in [-0.05, 0) is 0 Å². The minimum atomic E-state index is -6.66. The second-order valence-corrected chi connectivity index (χ2v) is 4.30. The van der Waals surface area contributed by atoms with Crippen LogP contribution in [0.5, 0.6) is 0 Å². The lowest BCUT2D eigenvalue weighted by atomic mass is 10.2. The third-order valence-electron chi connectivity index (χ3n) is 2.42. The van der Waals surface area contributed by atoms with Crippen molar-refractivity contribution in [3.63, 3.8) is 0 Å². The van der Waals surface area contributed by atoms with E-state index in [4.69, 9.17) is 0 Å². The van der Waals surface area contributed by atoms with Crippen LogP contribution in [0.1, 0.15) is 5.76 Å². The summed E-state index contributed by atoms with van der Waals surface area (Å²) in [5.74, 6) is -13.9. The maximum atomic E-state index is 13.7. The van der Waals surface area contributed by atoms with Gasteiger partial charge in [-0.15, -0.1) is 0 Å². The molecule has 25 heavy (non-hydrogen) atoms. The largest absolute Gasteiger partial charge is 0.518 e. The van der Waals surface area contributed by atoms with Crippen LogP contribution in [0.4, 0.5) is 43.9 Å². The van der Waals surface area contributed by atoms with Crippen molar-refractivity contribution in [3.05, 3.63) is 22.6 Å². The summed E-state index contributed by atoms with van der Waals surface area (Å²) in [5, 5.41) is 0. The molecule has 15 heteroatoms. The molecule has 0 aliphatic carbocycles. The Hall–Kier alpha value is -1.77. The third kappa shape index (κ3) is 4.65. The van der Waals surface area contributed by atoms with Crippen molar-refractivity contribution in [1.29, 1.82) is 0 Å². The Balaban J connectivity index is 3.00. The van der Waals surface area contributed by atoms with Gasteiger partial charge in [0.1, 0.15) is 19.5 Å². The summed E-state index contributed by atoms with van der Waals surface area (Å²) in [6, 6.07) is 0. The van der Waals surface area contributed by atoms with Gasteiger partial charge in [-0.2, -0.15) is 35.1 Å². The number of hydrogen-bond acceptors (Lipinski definition) is 5. The van der Waals surface area contributed by atoms with Crippen LogP contribution in [0.25, 0.3) is 0 Å². The number of alkyl halides is 10. The Kier molecular flexibility index (Phi) is 5.83. The van der Waals surface area contributed by atoms with E-state index in [1.165, 1.54) is 0 Å². The van der Waals surface area contributed by atoms with Gasteiger partial charge >= 0.3 is 36.3 Å². The molecular formula is C10H6F10O5. The van der Waals surface area contributed by atoms with E-state index in [-0.39, 0.29) is 0 Å². The topological polar surface area (TPSA) is 61.8 Å². The SMILES string of the molecule is O=c1occ(COC(F)(F)C(F)(OCC(F)(F)C(F)F)C(F)(F)F)o1. The second-order valence-electron chi connectivity index (χ2n) is 4.30. The van der Waals surface area contributed by atoms with E-state index in [0.29, 0.717) is 6.26 Å². The Labute approximate surface area is 130 Å². The second kappa shape index (κ2) is 6.86.